The molecule has 5 heteroatoms. The number of hydrogen-bond donors (Lipinski definition) is 2. The highest BCUT2D eigenvalue weighted by Crippen LogP contribution is 2.32. The van der Waals surface area contributed by atoms with Gasteiger partial charge in [-0.3, -0.25) is 9.69 Å². The number of nitrogens with zero attached hydrogens (tertiary/aromatic N) is 1. The van der Waals surface area contributed by atoms with Gasteiger partial charge in [-0.05, 0) is 38.3 Å². The molecule has 2 atom stereocenters. The topological polar surface area (TPSA) is 61.8 Å². The van der Waals surface area contributed by atoms with Crippen LogP contribution in [0.15, 0.2) is 18.2 Å². The van der Waals surface area contributed by atoms with E-state index in [-0.39, 0.29) is 17.7 Å². The first-order valence-corrected chi connectivity index (χ1v) is 8.09. The first kappa shape index (κ1) is 15.2. The van der Waals surface area contributed by atoms with Crippen LogP contribution in [0.25, 0.3) is 0 Å². The molecule has 1 aromatic carbocycles. The lowest BCUT2D eigenvalue weighted by Crippen LogP contribution is -2.47. The summed E-state index contributed by atoms with van der Waals surface area (Å²) in [6.07, 6.45) is 5.77. The molecule has 2 aliphatic rings. The third-order valence-electron chi connectivity index (χ3n) is 4.90. The number of fused-ring (bicyclic) bond motifs is 1. The SMILES string of the molecule is COc1cccc(CNC(=O)C2CCC3CCCCN32)c1O. The number of aromatic hydroxyl groups is 1. The summed E-state index contributed by atoms with van der Waals surface area (Å²) >= 11 is 0. The molecule has 0 aromatic heterocycles. The average molecular weight is 304 g/mol. The van der Waals surface area contributed by atoms with Crippen LogP contribution in [0.5, 0.6) is 11.5 Å². The molecular weight excluding hydrogens is 280 g/mol. The molecule has 2 fully saturated rings. The van der Waals surface area contributed by atoms with Crippen LogP contribution in [0, 0.1) is 0 Å². The second-order valence-corrected chi connectivity index (χ2v) is 6.17. The molecule has 0 aliphatic carbocycles. The second-order valence-electron chi connectivity index (χ2n) is 6.17. The fourth-order valence-electron chi connectivity index (χ4n) is 3.72. The molecule has 0 saturated carbocycles. The molecule has 1 aromatic rings. The van der Waals surface area contributed by atoms with Crippen LogP contribution >= 0.6 is 0 Å². The van der Waals surface area contributed by atoms with Crippen molar-refractivity contribution in [1.29, 1.82) is 0 Å². The van der Waals surface area contributed by atoms with Crippen molar-refractivity contribution in [2.24, 2.45) is 0 Å². The maximum absolute atomic E-state index is 12.5. The number of ether oxygens (including phenoxy) is 1. The third kappa shape index (κ3) is 2.90. The maximum Gasteiger partial charge on any atom is 0.237 e. The van der Waals surface area contributed by atoms with Crippen molar-refractivity contribution >= 4 is 5.91 Å². The highest BCUT2D eigenvalue weighted by atomic mass is 16.5. The van der Waals surface area contributed by atoms with Crippen molar-refractivity contribution in [3.05, 3.63) is 23.8 Å². The second kappa shape index (κ2) is 6.57. The first-order valence-electron chi connectivity index (χ1n) is 8.09. The molecule has 1 amide bonds. The Balaban J connectivity index is 1.61. The van der Waals surface area contributed by atoms with E-state index in [2.05, 4.69) is 10.2 Å². The Morgan fingerprint density at radius 3 is 3.05 bits per heavy atom. The predicted molar refractivity (Wildman–Crippen MR) is 83.9 cm³/mol. The van der Waals surface area contributed by atoms with Crippen LogP contribution in [0.4, 0.5) is 0 Å². The minimum absolute atomic E-state index is 0.00180. The minimum Gasteiger partial charge on any atom is -0.504 e. The molecule has 0 radical (unpaired) electrons. The first-order chi connectivity index (χ1) is 10.7. The Labute approximate surface area is 131 Å². The van der Waals surface area contributed by atoms with Gasteiger partial charge >= 0.3 is 0 Å². The van der Waals surface area contributed by atoms with Crippen LogP contribution in [-0.2, 0) is 11.3 Å². The summed E-state index contributed by atoms with van der Waals surface area (Å²) in [5.41, 5.74) is 0.681. The van der Waals surface area contributed by atoms with E-state index in [1.807, 2.05) is 6.07 Å². The summed E-state index contributed by atoms with van der Waals surface area (Å²) in [7, 11) is 1.52. The van der Waals surface area contributed by atoms with E-state index in [1.54, 1.807) is 12.1 Å². The van der Waals surface area contributed by atoms with Crippen LogP contribution in [0.2, 0.25) is 0 Å². The Kier molecular flexibility index (Phi) is 4.52. The maximum atomic E-state index is 12.5. The van der Waals surface area contributed by atoms with Crippen LogP contribution in [0.3, 0.4) is 0 Å². The van der Waals surface area contributed by atoms with Gasteiger partial charge in [-0.15, -0.1) is 0 Å². The standard InChI is InChI=1S/C17H24N2O3/c1-22-15-7-4-5-12(16(15)20)11-18-17(21)14-9-8-13-6-2-3-10-19(13)14/h4-5,7,13-14,20H,2-3,6,8-11H2,1H3,(H,18,21). The van der Waals surface area contributed by atoms with E-state index >= 15 is 0 Å². The summed E-state index contributed by atoms with van der Waals surface area (Å²) in [6, 6.07) is 5.91. The molecule has 2 saturated heterocycles. The number of phenols is 1. The summed E-state index contributed by atoms with van der Waals surface area (Å²) in [6.45, 7) is 1.37. The number of carbonyl (C=O) groups excluding carboxylic acids is 1. The third-order valence-corrected chi connectivity index (χ3v) is 4.90. The Hall–Kier alpha value is -1.75. The normalized spacial score (nSPS) is 24.8. The molecule has 22 heavy (non-hydrogen) atoms. The number of rotatable bonds is 4. The zero-order chi connectivity index (χ0) is 15.5. The number of phenolic OH excluding ortho intramolecular Hbond substituents is 1. The van der Waals surface area contributed by atoms with Crippen LogP contribution < -0.4 is 10.1 Å². The quantitative estimate of drug-likeness (QED) is 0.893. The van der Waals surface area contributed by atoms with Gasteiger partial charge in [0.2, 0.25) is 5.91 Å². The molecule has 3 rings (SSSR count). The number of piperidine rings is 1. The van der Waals surface area contributed by atoms with Gasteiger partial charge in [0.1, 0.15) is 0 Å². The molecule has 120 valence electrons. The molecular formula is C17H24N2O3. The van der Waals surface area contributed by atoms with Crippen LogP contribution in [-0.4, -0.2) is 41.7 Å². The van der Waals surface area contributed by atoms with Crippen molar-refractivity contribution in [3.8, 4) is 11.5 Å². The van der Waals surface area contributed by atoms with Crippen molar-refractivity contribution < 1.29 is 14.6 Å². The van der Waals surface area contributed by atoms with Gasteiger partial charge in [0.05, 0.1) is 13.2 Å². The summed E-state index contributed by atoms with van der Waals surface area (Å²) in [4.78, 5) is 14.8. The Morgan fingerprint density at radius 2 is 2.23 bits per heavy atom. The summed E-state index contributed by atoms with van der Waals surface area (Å²) < 4.78 is 5.09. The summed E-state index contributed by atoms with van der Waals surface area (Å²) in [5, 5.41) is 13.0. The van der Waals surface area contributed by atoms with Gasteiger partial charge in [-0.2, -0.15) is 0 Å². The number of amides is 1. The minimum atomic E-state index is -0.00180. The Morgan fingerprint density at radius 1 is 1.36 bits per heavy atom. The average Bonchev–Trinajstić information content (AvgIpc) is 2.98. The highest BCUT2D eigenvalue weighted by molar-refractivity contribution is 5.82. The van der Waals surface area contributed by atoms with Crippen molar-refractivity contribution in [1.82, 2.24) is 10.2 Å². The van der Waals surface area contributed by atoms with E-state index < -0.39 is 0 Å². The molecule has 2 unspecified atom stereocenters. The van der Waals surface area contributed by atoms with Gasteiger partial charge in [-0.1, -0.05) is 18.6 Å². The fourth-order valence-corrected chi connectivity index (χ4v) is 3.72. The summed E-state index contributed by atoms with van der Waals surface area (Å²) in [5.74, 6) is 0.614. The van der Waals surface area contributed by atoms with Gasteiger partial charge in [0.25, 0.3) is 0 Å². The molecule has 2 N–H and O–H groups in total. The van der Waals surface area contributed by atoms with E-state index in [4.69, 9.17) is 4.74 Å². The molecule has 2 aliphatic heterocycles. The predicted octanol–water partition coefficient (Wildman–Crippen LogP) is 2.03. The highest BCUT2D eigenvalue weighted by Gasteiger charge is 2.38. The lowest BCUT2D eigenvalue weighted by atomic mass is 10.0. The Bertz CT molecular complexity index is 547. The number of hydrogen-bond acceptors (Lipinski definition) is 4. The number of para-hydroxylation sites is 1. The fraction of sp³-hybridized carbons (Fsp3) is 0.588. The molecule has 0 bridgehead atoms. The van der Waals surface area contributed by atoms with Crippen molar-refractivity contribution in [3.63, 3.8) is 0 Å². The van der Waals surface area contributed by atoms with Gasteiger partial charge in [0.15, 0.2) is 11.5 Å². The number of carbonyl (C=O) groups is 1. The van der Waals surface area contributed by atoms with Crippen LogP contribution in [0.1, 0.15) is 37.7 Å². The van der Waals surface area contributed by atoms with Crippen molar-refractivity contribution in [2.75, 3.05) is 13.7 Å². The lowest BCUT2D eigenvalue weighted by molar-refractivity contribution is -0.126. The molecule has 5 nitrogen and oxygen atoms in total. The zero-order valence-electron chi connectivity index (χ0n) is 13.0. The van der Waals surface area contributed by atoms with E-state index in [0.29, 0.717) is 23.9 Å². The van der Waals surface area contributed by atoms with Gasteiger partial charge in [-0.25, -0.2) is 0 Å². The number of benzene rings is 1. The van der Waals surface area contributed by atoms with E-state index in [1.165, 1.54) is 26.4 Å². The smallest absolute Gasteiger partial charge is 0.237 e. The molecule has 0 spiro atoms. The largest absolute Gasteiger partial charge is 0.504 e. The monoisotopic (exact) mass is 304 g/mol. The van der Waals surface area contributed by atoms with Gasteiger partial charge in [0, 0.05) is 18.2 Å². The molecule has 2 heterocycles. The van der Waals surface area contributed by atoms with Gasteiger partial charge < -0.3 is 15.2 Å². The van der Waals surface area contributed by atoms with Crippen molar-refractivity contribution in [2.45, 2.75) is 50.7 Å². The number of methoxy groups -OCH3 is 1. The zero-order valence-corrected chi connectivity index (χ0v) is 13.0. The number of nitrogens with one attached hydrogen (secondary N) is 1. The van der Waals surface area contributed by atoms with E-state index in [0.717, 1.165) is 19.4 Å². The van der Waals surface area contributed by atoms with E-state index in [9.17, 15) is 9.90 Å². The lowest BCUT2D eigenvalue weighted by Gasteiger charge is -2.33.